The molecule has 1 amide bonds. The molecule has 0 spiro atoms. The Bertz CT molecular complexity index is 1480. The lowest BCUT2D eigenvalue weighted by Crippen LogP contribution is -2.41. The molecule has 10 nitrogen and oxygen atoms in total. The van der Waals surface area contributed by atoms with Gasteiger partial charge in [-0.3, -0.25) is 14.5 Å². The third-order valence-corrected chi connectivity index (χ3v) is 8.88. The van der Waals surface area contributed by atoms with Gasteiger partial charge in [-0.2, -0.15) is 0 Å². The molecule has 3 aromatic carbocycles. The average molecular weight is 647 g/mol. The van der Waals surface area contributed by atoms with Gasteiger partial charge < -0.3 is 34.5 Å². The average Bonchev–Trinajstić information content (AvgIpc) is 3.09. The summed E-state index contributed by atoms with van der Waals surface area (Å²) in [5.74, 6) is 0.635. The number of amides is 1. The Kier molecular flexibility index (Phi) is 12.2. The van der Waals surface area contributed by atoms with Crippen molar-refractivity contribution >= 4 is 17.6 Å². The quantitative estimate of drug-likeness (QED) is 0.166. The second kappa shape index (κ2) is 16.7. The monoisotopic (exact) mass is 646 g/mol. The molecule has 47 heavy (non-hydrogen) atoms. The van der Waals surface area contributed by atoms with E-state index in [2.05, 4.69) is 22.3 Å². The van der Waals surface area contributed by atoms with Gasteiger partial charge in [0.2, 0.25) is 5.91 Å². The van der Waals surface area contributed by atoms with Crippen molar-refractivity contribution in [1.82, 2.24) is 4.90 Å². The first kappa shape index (κ1) is 34.4. The lowest BCUT2D eigenvalue weighted by Gasteiger charge is -2.39. The zero-order valence-electron chi connectivity index (χ0n) is 27.3. The van der Waals surface area contributed by atoms with E-state index < -0.39 is 12.3 Å². The molecule has 1 fully saturated rings. The first-order chi connectivity index (χ1) is 22.8. The van der Waals surface area contributed by atoms with Crippen molar-refractivity contribution in [2.45, 2.75) is 83.0 Å². The summed E-state index contributed by atoms with van der Waals surface area (Å²) in [6.07, 6.45) is 4.28. The van der Waals surface area contributed by atoms with Crippen LogP contribution in [0.2, 0.25) is 0 Å². The van der Waals surface area contributed by atoms with Gasteiger partial charge in [0.05, 0.1) is 33.0 Å². The maximum Gasteiger partial charge on any atom is 0.303 e. The highest BCUT2D eigenvalue weighted by atomic mass is 16.7. The van der Waals surface area contributed by atoms with Gasteiger partial charge in [-0.1, -0.05) is 49.2 Å². The van der Waals surface area contributed by atoms with Crippen LogP contribution in [0.25, 0.3) is 0 Å². The lowest BCUT2D eigenvalue weighted by atomic mass is 9.97. The van der Waals surface area contributed by atoms with Crippen LogP contribution in [0.5, 0.6) is 11.5 Å². The highest BCUT2D eigenvalue weighted by Crippen LogP contribution is 2.39. The number of anilines is 1. The Morgan fingerprint density at radius 1 is 0.872 bits per heavy atom. The number of fused-ring (bicyclic) bond motifs is 1. The van der Waals surface area contributed by atoms with Crippen LogP contribution in [0, 0.1) is 0 Å². The third kappa shape index (κ3) is 9.54. The number of aliphatic hydroxyl groups excluding tert-OH is 1. The summed E-state index contributed by atoms with van der Waals surface area (Å²) in [7, 11) is 3.32. The number of methoxy groups -OCH3 is 2. The number of nitrogens with zero attached hydrogens (tertiary/aromatic N) is 1. The first-order valence-corrected chi connectivity index (χ1v) is 16.4. The molecule has 0 saturated carbocycles. The second-order valence-corrected chi connectivity index (χ2v) is 12.3. The van der Waals surface area contributed by atoms with Crippen LogP contribution in [0.15, 0.2) is 60.7 Å². The molecule has 2 aliphatic rings. The van der Waals surface area contributed by atoms with Gasteiger partial charge in [0.25, 0.3) is 0 Å². The summed E-state index contributed by atoms with van der Waals surface area (Å²) in [6.45, 7) is 2.42. The van der Waals surface area contributed by atoms with E-state index in [1.54, 1.807) is 14.2 Å². The van der Waals surface area contributed by atoms with E-state index in [0.717, 1.165) is 73.5 Å². The van der Waals surface area contributed by atoms with Crippen LogP contribution >= 0.6 is 0 Å². The standard InChI is InChI=1S/C37H46N2O8/c1-44-33-19-28-17-18-39(22-29(28)20-34(33)45-2)23-31-21-32(26-11-9-25(24-40)10-12-26)47-37(46-31)27-13-15-30(16-14-27)38-35(41)7-5-3-4-6-8-36(42)43/h9-16,19-20,31-32,37,40H,3-8,17-18,21-24H2,1-2H3,(H,38,41)(H,42,43). The number of unbranched alkanes of at least 4 members (excludes halogenated alkanes) is 3. The predicted octanol–water partition coefficient (Wildman–Crippen LogP) is 6.16. The molecule has 2 heterocycles. The number of ether oxygens (including phenoxy) is 4. The number of hydrogen-bond acceptors (Lipinski definition) is 8. The van der Waals surface area contributed by atoms with Crippen molar-refractivity contribution in [2.24, 2.45) is 0 Å². The highest BCUT2D eigenvalue weighted by Gasteiger charge is 2.34. The highest BCUT2D eigenvalue weighted by molar-refractivity contribution is 5.90. The molecule has 0 bridgehead atoms. The topological polar surface area (TPSA) is 127 Å². The van der Waals surface area contributed by atoms with Crippen molar-refractivity contribution in [1.29, 1.82) is 0 Å². The van der Waals surface area contributed by atoms with E-state index in [-0.39, 0.29) is 31.1 Å². The molecular formula is C37H46N2O8. The molecule has 2 aliphatic heterocycles. The summed E-state index contributed by atoms with van der Waals surface area (Å²) in [5.41, 5.74) is 5.95. The van der Waals surface area contributed by atoms with Crippen LogP contribution in [0.4, 0.5) is 5.69 Å². The molecule has 3 atom stereocenters. The van der Waals surface area contributed by atoms with Crippen LogP contribution in [0.1, 0.15) is 85.2 Å². The summed E-state index contributed by atoms with van der Waals surface area (Å²) in [4.78, 5) is 25.5. The maximum absolute atomic E-state index is 12.5. The maximum atomic E-state index is 12.5. The number of carbonyl (C=O) groups is 2. The molecule has 10 heteroatoms. The smallest absolute Gasteiger partial charge is 0.303 e. The normalized spacial score (nSPS) is 19.5. The van der Waals surface area contributed by atoms with E-state index in [4.69, 9.17) is 24.1 Å². The van der Waals surface area contributed by atoms with Crippen LogP contribution in [0.3, 0.4) is 0 Å². The molecule has 3 unspecified atom stereocenters. The van der Waals surface area contributed by atoms with Gasteiger partial charge >= 0.3 is 5.97 Å². The van der Waals surface area contributed by atoms with Crippen molar-refractivity contribution in [2.75, 3.05) is 32.6 Å². The summed E-state index contributed by atoms with van der Waals surface area (Å²) in [5, 5.41) is 21.2. The van der Waals surface area contributed by atoms with Crippen molar-refractivity contribution in [3.63, 3.8) is 0 Å². The molecule has 0 radical (unpaired) electrons. The Labute approximate surface area is 276 Å². The third-order valence-electron chi connectivity index (χ3n) is 8.88. The number of hydrogen-bond donors (Lipinski definition) is 3. The second-order valence-electron chi connectivity index (χ2n) is 12.3. The molecule has 0 aromatic heterocycles. The van der Waals surface area contributed by atoms with E-state index in [1.165, 1.54) is 11.1 Å². The fraction of sp³-hybridized carbons (Fsp3) is 0.459. The number of benzene rings is 3. The molecule has 1 saturated heterocycles. The molecule has 5 rings (SSSR count). The number of aliphatic hydroxyl groups is 1. The van der Waals surface area contributed by atoms with E-state index in [9.17, 15) is 14.7 Å². The molecule has 0 aliphatic carbocycles. The van der Waals surface area contributed by atoms with Crippen LogP contribution in [-0.2, 0) is 38.6 Å². The first-order valence-electron chi connectivity index (χ1n) is 16.4. The number of carboxylic acids is 1. The van der Waals surface area contributed by atoms with Gasteiger partial charge in [-0.25, -0.2) is 0 Å². The Morgan fingerprint density at radius 2 is 1.53 bits per heavy atom. The molecular weight excluding hydrogens is 600 g/mol. The Morgan fingerprint density at radius 3 is 2.19 bits per heavy atom. The van der Waals surface area contributed by atoms with Crippen molar-refractivity contribution in [3.05, 3.63) is 88.5 Å². The molecule has 3 aromatic rings. The summed E-state index contributed by atoms with van der Waals surface area (Å²) >= 11 is 0. The van der Waals surface area contributed by atoms with Gasteiger partial charge in [0.15, 0.2) is 17.8 Å². The van der Waals surface area contributed by atoms with Gasteiger partial charge in [-0.05, 0) is 65.8 Å². The van der Waals surface area contributed by atoms with E-state index >= 15 is 0 Å². The number of rotatable bonds is 15. The van der Waals surface area contributed by atoms with Crippen molar-refractivity contribution in [3.8, 4) is 11.5 Å². The SMILES string of the molecule is COc1cc2c(cc1OC)CN(CC1CC(c3ccc(CO)cc3)OC(c3ccc(NC(=O)CCCCCCC(=O)O)cc3)O1)CC2. The summed E-state index contributed by atoms with van der Waals surface area (Å²) in [6, 6.07) is 19.6. The molecule has 3 N–H and O–H groups in total. The summed E-state index contributed by atoms with van der Waals surface area (Å²) < 4.78 is 24.2. The van der Waals surface area contributed by atoms with E-state index in [1.807, 2.05) is 48.5 Å². The predicted molar refractivity (Wildman–Crippen MR) is 177 cm³/mol. The van der Waals surface area contributed by atoms with Crippen molar-refractivity contribution < 1.29 is 38.7 Å². The fourth-order valence-electron chi connectivity index (χ4n) is 6.28. The van der Waals surface area contributed by atoms with Crippen LogP contribution in [-0.4, -0.2) is 60.4 Å². The number of carboxylic acid groups (broad SMARTS) is 1. The Hall–Kier alpha value is -3.96. The molecule has 252 valence electrons. The number of nitrogens with one attached hydrogen (secondary N) is 1. The zero-order chi connectivity index (χ0) is 33.2. The number of aliphatic carboxylic acids is 1. The minimum atomic E-state index is -0.783. The van der Waals surface area contributed by atoms with Crippen LogP contribution < -0.4 is 14.8 Å². The largest absolute Gasteiger partial charge is 0.493 e. The minimum Gasteiger partial charge on any atom is -0.493 e. The minimum absolute atomic E-state index is 0.0110. The Balaban J connectivity index is 1.23. The van der Waals surface area contributed by atoms with Gasteiger partial charge in [0, 0.05) is 50.1 Å². The fourth-order valence-corrected chi connectivity index (χ4v) is 6.28. The van der Waals surface area contributed by atoms with Gasteiger partial charge in [-0.15, -0.1) is 0 Å². The van der Waals surface area contributed by atoms with Gasteiger partial charge in [0.1, 0.15) is 0 Å². The number of carbonyl (C=O) groups excluding carboxylic acids is 1. The zero-order valence-corrected chi connectivity index (χ0v) is 27.3. The lowest BCUT2D eigenvalue weighted by molar-refractivity contribution is -0.253. The van der Waals surface area contributed by atoms with E-state index in [0.29, 0.717) is 24.9 Å².